The summed E-state index contributed by atoms with van der Waals surface area (Å²) in [5.74, 6) is 2.93. The fourth-order valence-electron chi connectivity index (χ4n) is 13.3. The highest BCUT2D eigenvalue weighted by Gasteiger charge is 2.52. The molecule has 0 bridgehead atoms. The summed E-state index contributed by atoms with van der Waals surface area (Å²) in [5, 5.41) is 0. The summed E-state index contributed by atoms with van der Waals surface area (Å²) in [4.78, 5) is 6.00. The van der Waals surface area contributed by atoms with E-state index < -0.39 is 0 Å². The van der Waals surface area contributed by atoms with E-state index in [0.29, 0.717) is 53.6 Å². The average Bonchev–Trinajstić information content (AvgIpc) is 3.21. The van der Waals surface area contributed by atoms with Gasteiger partial charge in [-0.2, -0.15) is 0 Å². The molecule has 8 atom stereocenters. The lowest BCUT2D eigenvalue weighted by atomic mass is 9.54. The molecule has 2 aromatic carbocycles. The van der Waals surface area contributed by atoms with Crippen LogP contribution >= 0.6 is 0 Å². The summed E-state index contributed by atoms with van der Waals surface area (Å²) >= 11 is 0. The van der Waals surface area contributed by atoms with Crippen LogP contribution in [-0.4, -0.2) is 23.0 Å². The van der Waals surface area contributed by atoms with E-state index in [1.165, 1.54) is 103 Å². The smallest absolute Gasteiger partial charge is 0.0499 e. The van der Waals surface area contributed by atoms with E-state index in [1.807, 2.05) is 0 Å². The number of anilines is 2. The standard InChI is InChI=1S/C60H82N2/c1-36(2)46-35-54(62(50-22-18-16-20-38(50)4)52-33-43(59(10,11)12)26-24-40(52)6)47-34-48-55-41(29-30-60(48,13)14)31-53(45-28-27-44(46)56(47)57(45)55)61(49-21-17-15-19-37(49)3)51-32-42(58(7,8)9)25-23-39(51)5/h17,21,24-28,32-39,45,49-50,53,57H,15-16,18-20,22-23,29-31H2,1-14H3. The fourth-order valence-corrected chi connectivity index (χ4v) is 13.3. The van der Waals surface area contributed by atoms with Crippen molar-refractivity contribution in [2.24, 2.45) is 34.5 Å². The Morgan fingerprint density at radius 2 is 1.56 bits per heavy atom. The van der Waals surface area contributed by atoms with E-state index in [2.05, 4.69) is 174 Å². The highest BCUT2D eigenvalue weighted by atomic mass is 15.2. The van der Waals surface area contributed by atoms with Gasteiger partial charge in [0.2, 0.25) is 0 Å². The lowest BCUT2D eigenvalue weighted by molar-refractivity contribution is 0.103. The van der Waals surface area contributed by atoms with Crippen LogP contribution in [0.25, 0.3) is 12.2 Å². The van der Waals surface area contributed by atoms with Crippen LogP contribution in [0.5, 0.6) is 0 Å². The molecule has 0 spiro atoms. The molecule has 0 aromatic heterocycles. The van der Waals surface area contributed by atoms with Crippen molar-refractivity contribution in [3.8, 4) is 0 Å². The predicted octanol–water partition coefficient (Wildman–Crippen LogP) is 16.7. The first-order valence-corrected chi connectivity index (χ1v) is 25.4. The monoisotopic (exact) mass is 831 g/mol. The van der Waals surface area contributed by atoms with Crippen molar-refractivity contribution in [3.05, 3.63) is 116 Å². The molecule has 8 unspecified atom stereocenters. The fraction of sp³-hybridized carbons (Fsp3) is 0.600. The number of rotatable bonds is 7. The first-order chi connectivity index (χ1) is 29.3. The molecule has 0 N–H and O–H groups in total. The molecule has 2 aromatic rings. The van der Waals surface area contributed by atoms with Crippen LogP contribution in [0, 0.1) is 41.4 Å². The highest BCUT2D eigenvalue weighted by molar-refractivity contribution is 5.89. The molecule has 0 aliphatic heterocycles. The first kappa shape index (κ1) is 43.7. The molecular weight excluding hydrogens is 749 g/mol. The Bertz CT molecular complexity index is 2280. The molecular formula is C60H82N2. The van der Waals surface area contributed by atoms with Crippen molar-refractivity contribution in [2.75, 3.05) is 4.90 Å². The summed E-state index contributed by atoms with van der Waals surface area (Å²) < 4.78 is 0. The van der Waals surface area contributed by atoms with Crippen molar-refractivity contribution < 1.29 is 0 Å². The topological polar surface area (TPSA) is 6.48 Å². The van der Waals surface area contributed by atoms with Gasteiger partial charge in [0.1, 0.15) is 0 Å². The summed E-state index contributed by atoms with van der Waals surface area (Å²) in [6, 6.07) is 11.4. The minimum atomic E-state index is 0.0738. The van der Waals surface area contributed by atoms with Gasteiger partial charge >= 0.3 is 0 Å². The lowest BCUT2D eigenvalue weighted by Crippen LogP contribution is -2.53. The SMILES string of the molecule is Cc1ccc(C(C)(C)C)cc1N(c1cc(C(C)C)c2c3c1C=C1C4=C(CCC1(C)C)CC(N(C1=CC(C(C)(C)C)=CCC1C)C1C=CCCC1C)C(C=C2)C43)C1CCCCC1C. The van der Waals surface area contributed by atoms with Crippen LogP contribution in [0.2, 0.25) is 0 Å². The summed E-state index contributed by atoms with van der Waals surface area (Å²) in [7, 11) is 0. The quantitative estimate of drug-likeness (QED) is 0.257. The second-order valence-corrected chi connectivity index (χ2v) is 24.5. The minimum absolute atomic E-state index is 0.0738. The normalized spacial score (nSPS) is 30.1. The minimum Gasteiger partial charge on any atom is -0.364 e. The average molecular weight is 831 g/mol. The Balaban J connectivity index is 1.32. The number of nitrogens with zero attached hydrogens (tertiary/aromatic N) is 2. The molecule has 0 heterocycles. The number of aryl methyl sites for hydroxylation is 1. The van der Waals surface area contributed by atoms with E-state index in [4.69, 9.17) is 0 Å². The Morgan fingerprint density at radius 3 is 2.26 bits per heavy atom. The number of benzene rings is 2. The van der Waals surface area contributed by atoms with Gasteiger partial charge in [0.15, 0.2) is 0 Å². The number of hydrogen-bond donors (Lipinski definition) is 0. The van der Waals surface area contributed by atoms with Gasteiger partial charge in [-0.15, -0.1) is 0 Å². The van der Waals surface area contributed by atoms with Crippen molar-refractivity contribution in [2.45, 2.75) is 197 Å². The molecule has 62 heavy (non-hydrogen) atoms. The Kier molecular flexibility index (Phi) is 11.2. The molecule has 332 valence electrons. The number of hydrogen-bond acceptors (Lipinski definition) is 2. The van der Waals surface area contributed by atoms with Gasteiger partial charge in [-0.1, -0.05) is 151 Å². The van der Waals surface area contributed by atoms with Gasteiger partial charge in [0.05, 0.1) is 0 Å². The van der Waals surface area contributed by atoms with E-state index in [-0.39, 0.29) is 16.2 Å². The third-order valence-corrected chi connectivity index (χ3v) is 17.3. The third-order valence-electron chi connectivity index (χ3n) is 17.3. The summed E-state index contributed by atoms with van der Waals surface area (Å²) in [6.07, 6.45) is 31.0. The van der Waals surface area contributed by atoms with Crippen molar-refractivity contribution in [3.63, 3.8) is 0 Å². The second-order valence-electron chi connectivity index (χ2n) is 24.5. The summed E-state index contributed by atoms with van der Waals surface area (Å²) in [5.41, 5.74) is 20.6. The van der Waals surface area contributed by atoms with Gasteiger partial charge in [0.25, 0.3) is 0 Å². The Morgan fingerprint density at radius 1 is 0.806 bits per heavy atom. The second kappa shape index (κ2) is 15.9. The van der Waals surface area contributed by atoms with Crippen molar-refractivity contribution >= 4 is 23.5 Å². The molecule has 0 saturated heterocycles. The van der Waals surface area contributed by atoms with Crippen LogP contribution in [0.15, 0.2) is 82.6 Å². The molecule has 7 aliphatic rings. The van der Waals surface area contributed by atoms with E-state index in [9.17, 15) is 0 Å². The van der Waals surface area contributed by atoms with Crippen LogP contribution in [0.1, 0.15) is 199 Å². The first-order valence-electron chi connectivity index (χ1n) is 25.4. The molecule has 0 amide bonds. The largest absolute Gasteiger partial charge is 0.364 e. The lowest BCUT2D eigenvalue weighted by Gasteiger charge is -2.56. The van der Waals surface area contributed by atoms with Crippen LogP contribution in [-0.2, 0) is 5.41 Å². The molecule has 2 heteroatoms. The molecule has 1 saturated carbocycles. The molecule has 2 nitrogen and oxygen atoms in total. The van der Waals surface area contributed by atoms with Gasteiger partial charge < -0.3 is 9.80 Å². The predicted molar refractivity (Wildman–Crippen MR) is 268 cm³/mol. The van der Waals surface area contributed by atoms with Gasteiger partial charge in [0, 0.05) is 52.6 Å². The van der Waals surface area contributed by atoms with Crippen LogP contribution in [0.3, 0.4) is 0 Å². The molecule has 9 rings (SSSR count). The van der Waals surface area contributed by atoms with Crippen molar-refractivity contribution in [1.29, 1.82) is 0 Å². The molecule has 7 aliphatic carbocycles. The van der Waals surface area contributed by atoms with Gasteiger partial charge in [-0.05, 0) is 167 Å². The van der Waals surface area contributed by atoms with E-state index >= 15 is 0 Å². The maximum Gasteiger partial charge on any atom is 0.0499 e. The maximum atomic E-state index is 3.06. The van der Waals surface area contributed by atoms with E-state index in [0.717, 1.165) is 6.42 Å². The van der Waals surface area contributed by atoms with E-state index in [1.54, 1.807) is 28.0 Å². The molecule has 0 radical (unpaired) electrons. The third kappa shape index (κ3) is 7.38. The molecule has 1 fully saturated rings. The highest BCUT2D eigenvalue weighted by Crippen LogP contribution is 2.63. The Hall–Kier alpha value is -3.52. The van der Waals surface area contributed by atoms with Crippen LogP contribution in [0.4, 0.5) is 11.4 Å². The summed E-state index contributed by atoms with van der Waals surface area (Å²) in [6.45, 7) is 34.5. The zero-order valence-electron chi connectivity index (χ0n) is 41.5. The maximum absolute atomic E-state index is 3.06. The van der Waals surface area contributed by atoms with Gasteiger partial charge in [-0.25, -0.2) is 0 Å². The zero-order valence-corrected chi connectivity index (χ0v) is 41.5. The van der Waals surface area contributed by atoms with Gasteiger partial charge in [-0.3, -0.25) is 0 Å². The Labute approximate surface area is 378 Å². The number of allylic oxidation sites excluding steroid dienone is 7. The van der Waals surface area contributed by atoms with Crippen molar-refractivity contribution in [1.82, 2.24) is 4.90 Å². The zero-order chi connectivity index (χ0) is 44.2. The van der Waals surface area contributed by atoms with Crippen LogP contribution < -0.4 is 4.90 Å².